The van der Waals surface area contributed by atoms with Gasteiger partial charge in [0.05, 0.1) is 4.90 Å². The van der Waals surface area contributed by atoms with Crippen LogP contribution in [-0.4, -0.2) is 14.7 Å². The Morgan fingerprint density at radius 2 is 1.59 bits per heavy atom. The van der Waals surface area contributed by atoms with Crippen LogP contribution in [0.1, 0.15) is 0 Å². The highest BCUT2D eigenvalue weighted by Crippen LogP contribution is 2.24. The van der Waals surface area contributed by atoms with Gasteiger partial charge in [0.25, 0.3) is 0 Å². The zero-order chi connectivity index (χ0) is 12.5. The molecule has 2 aromatic carbocycles. The Morgan fingerprint density at radius 1 is 0.941 bits per heavy atom. The van der Waals surface area contributed by atoms with E-state index in [4.69, 9.17) is 0 Å². The van der Waals surface area contributed by atoms with E-state index in [2.05, 4.69) is 15.9 Å². The van der Waals surface area contributed by atoms with Crippen molar-refractivity contribution >= 4 is 25.8 Å². The van der Waals surface area contributed by atoms with Crippen molar-refractivity contribution in [2.45, 2.75) is 4.90 Å². The molecule has 0 spiro atoms. The average Bonchev–Trinajstić information content (AvgIpc) is 2.28. The van der Waals surface area contributed by atoms with E-state index < -0.39 is 9.84 Å². The molecule has 0 saturated carbocycles. The molecular formula is C13H11BrO2S. The molecule has 0 bridgehead atoms. The third-order valence-electron chi connectivity index (χ3n) is 2.44. The van der Waals surface area contributed by atoms with Gasteiger partial charge in [-0.25, -0.2) is 8.42 Å². The number of sulfone groups is 1. The van der Waals surface area contributed by atoms with Crippen LogP contribution in [0.15, 0.2) is 57.9 Å². The smallest absolute Gasteiger partial charge is 0.175 e. The minimum absolute atomic E-state index is 0.344. The lowest BCUT2D eigenvalue weighted by Crippen LogP contribution is -1.96. The maximum Gasteiger partial charge on any atom is 0.175 e. The Morgan fingerprint density at radius 3 is 2.12 bits per heavy atom. The molecular weight excluding hydrogens is 300 g/mol. The van der Waals surface area contributed by atoms with Crippen LogP contribution in [0.3, 0.4) is 0 Å². The summed E-state index contributed by atoms with van der Waals surface area (Å²) in [6, 6.07) is 14.8. The van der Waals surface area contributed by atoms with Crippen LogP contribution in [0.5, 0.6) is 0 Å². The second-order valence-corrected chi connectivity index (χ2v) is 6.74. The van der Waals surface area contributed by atoms with Gasteiger partial charge >= 0.3 is 0 Å². The summed E-state index contributed by atoms with van der Waals surface area (Å²) in [5, 5.41) is 0. The van der Waals surface area contributed by atoms with Crippen LogP contribution in [0.25, 0.3) is 11.1 Å². The first-order chi connectivity index (χ1) is 7.97. The summed E-state index contributed by atoms with van der Waals surface area (Å²) in [6.07, 6.45) is 1.21. The van der Waals surface area contributed by atoms with Crippen molar-refractivity contribution in [3.05, 3.63) is 53.0 Å². The summed E-state index contributed by atoms with van der Waals surface area (Å²) in [4.78, 5) is 0.344. The molecule has 88 valence electrons. The van der Waals surface area contributed by atoms with Crippen LogP contribution < -0.4 is 0 Å². The first-order valence-corrected chi connectivity index (χ1v) is 7.71. The Balaban J connectivity index is 2.43. The van der Waals surface area contributed by atoms with Crippen LogP contribution in [0, 0.1) is 0 Å². The minimum Gasteiger partial charge on any atom is -0.224 e. The van der Waals surface area contributed by atoms with Crippen LogP contribution in [0.2, 0.25) is 0 Å². The quantitative estimate of drug-likeness (QED) is 0.850. The highest BCUT2D eigenvalue weighted by Gasteiger charge is 2.06. The van der Waals surface area contributed by atoms with E-state index in [9.17, 15) is 8.42 Å². The van der Waals surface area contributed by atoms with Gasteiger partial charge in [0.15, 0.2) is 9.84 Å². The lowest BCUT2D eigenvalue weighted by Gasteiger charge is -2.03. The molecule has 0 atom stereocenters. The molecule has 2 nitrogen and oxygen atoms in total. The largest absolute Gasteiger partial charge is 0.224 e. The molecule has 0 heterocycles. The molecule has 0 aliphatic heterocycles. The average molecular weight is 311 g/mol. The maximum atomic E-state index is 11.3. The van der Waals surface area contributed by atoms with E-state index in [0.29, 0.717) is 4.90 Å². The number of hydrogen-bond donors (Lipinski definition) is 0. The Bertz CT molecular complexity index is 631. The van der Waals surface area contributed by atoms with Crippen molar-refractivity contribution in [1.29, 1.82) is 0 Å². The summed E-state index contributed by atoms with van der Waals surface area (Å²) < 4.78 is 23.7. The number of halogens is 1. The standard InChI is InChI=1S/C13H11BrO2S/c1-17(15,16)13-7-5-10(6-8-13)11-3-2-4-12(14)9-11/h2-9H,1H3. The molecule has 0 aliphatic carbocycles. The molecule has 0 saturated heterocycles. The van der Waals surface area contributed by atoms with Gasteiger partial charge in [-0.05, 0) is 35.4 Å². The fourth-order valence-electron chi connectivity index (χ4n) is 1.56. The highest BCUT2D eigenvalue weighted by atomic mass is 79.9. The lowest BCUT2D eigenvalue weighted by molar-refractivity contribution is 0.602. The number of benzene rings is 2. The Kier molecular flexibility index (Phi) is 3.35. The zero-order valence-electron chi connectivity index (χ0n) is 9.22. The van der Waals surface area contributed by atoms with Gasteiger partial charge in [-0.3, -0.25) is 0 Å². The number of rotatable bonds is 2. The predicted octanol–water partition coefficient (Wildman–Crippen LogP) is 3.52. The van der Waals surface area contributed by atoms with Gasteiger partial charge in [0.2, 0.25) is 0 Å². The molecule has 0 fully saturated rings. The molecule has 2 rings (SSSR count). The van der Waals surface area contributed by atoms with E-state index >= 15 is 0 Å². The molecule has 2 aromatic rings. The van der Waals surface area contributed by atoms with E-state index in [-0.39, 0.29) is 0 Å². The maximum absolute atomic E-state index is 11.3. The first-order valence-electron chi connectivity index (χ1n) is 5.03. The van der Waals surface area contributed by atoms with Gasteiger partial charge in [-0.1, -0.05) is 40.2 Å². The van der Waals surface area contributed by atoms with Crippen molar-refractivity contribution in [2.24, 2.45) is 0 Å². The lowest BCUT2D eigenvalue weighted by atomic mass is 10.1. The Labute approximate surface area is 109 Å². The molecule has 0 N–H and O–H groups in total. The molecule has 0 unspecified atom stereocenters. The predicted molar refractivity (Wildman–Crippen MR) is 72.7 cm³/mol. The fourth-order valence-corrected chi connectivity index (χ4v) is 2.59. The summed E-state index contributed by atoms with van der Waals surface area (Å²) in [6.45, 7) is 0. The highest BCUT2D eigenvalue weighted by molar-refractivity contribution is 9.10. The van der Waals surface area contributed by atoms with E-state index in [1.807, 2.05) is 36.4 Å². The Hall–Kier alpha value is -1.13. The molecule has 0 aromatic heterocycles. The van der Waals surface area contributed by atoms with Crippen molar-refractivity contribution in [2.75, 3.05) is 6.26 Å². The fraction of sp³-hybridized carbons (Fsp3) is 0.0769. The van der Waals surface area contributed by atoms with Gasteiger partial charge in [-0.2, -0.15) is 0 Å². The molecule has 4 heteroatoms. The second-order valence-electron chi connectivity index (χ2n) is 3.81. The SMILES string of the molecule is CS(=O)(=O)c1ccc(-c2cccc(Br)c2)cc1. The van der Waals surface area contributed by atoms with Crippen molar-refractivity contribution < 1.29 is 8.42 Å². The monoisotopic (exact) mass is 310 g/mol. The van der Waals surface area contributed by atoms with Gasteiger partial charge in [-0.15, -0.1) is 0 Å². The summed E-state index contributed by atoms with van der Waals surface area (Å²) in [5.74, 6) is 0. The second kappa shape index (κ2) is 4.63. The van der Waals surface area contributed by atoms with Crippen molar-refractivity contribution in [3.8, 4) is 11.1 Å². The zero-order valence-corrected chi connectivity index (χ0v) is 11.6. The normalized spacial score (nSPS) is 11.4. The third-order valence-corrected chi connectivity index (χ3v) is 4.06. The summed E-state index contributed by atoms with van der Waals surface area (Å²) in [5.41, 5.74) is 2.05. The molecule has 17 heavy (non-hydrogen) atoms. The van der Waals surface area contributed by atoms with Gasteiger partial charge < -0.3 is 0 Å². The minimum atomic E-state index is -3.12. The van der Waals surface area contributed by atoms with Gasteiger partial charge in [0, 0.05) is 10.7 Å². The van der Waals surface area contributed by atoms with E-state index in [1.165, 1.54) is 6.26 Å². The summed E-state index contributed by atoms with van der Waals surface area (Å²) >= 11 is 3.41. The van der Waals surface area contributed by atoms with Crippen molar-refractivity contribution in [1.82, 2.24) is 0 Å². The van der Waals surface area contributed by atoms with E-state index in [0.717, 1.165) is 15.6 Å². The van der Waals surface area contributed by atoms with Crippen LogP contribution in [-0.2, 0) is 9.84 Å². The van der Waals surface area contributed by atoms with Crippen LogP contribution >= 0.6 is 15.9 Å². The topological polar surface area (TPSA) is 34.1 Å². The molecule has 0 amide bonds. The number of hydrogen-bond acceptors (Lipinski definition) is 2. The van der Waals surface area contributed by atoms with Crippen molar-refractivity contribution in [3.63, 3.8) is 0 Å². The third kappa shape index (κ3) is 2.96. The molecule has 0 radical (unpaired) electrons. The van der Waals surface area contributed by atoms with Crippen LogP contribution in [0.4, 0.5) is 0 Å². The van der Waals surface area contributed by atoms with E-state index in [1.54, 1.807) is 12.1 Å². The first kappa shape index (κ1) is 12.3. The van der Waals surface area contributed by atoms with Gasteiger partial charge in [0.1, 0.15) is 0 Å². The molecule has 0 aliphatic rings. The summed E-state index contributed by atoms with van der Waals surface area (Å²) in [7, 11) is -3.12.